The molecule has 2 rings (SSSR count). The Balaban J connectivity index is 2.14. The molecule has 1 saturated heterocycles. The molecule has 0 spiro atoms. The van der Waals surface area contributed by atoms with E-state index in [2.05, 4.69) is 14.9 Å². The quantitative estimate of drug-likeness (QED) is 0.595. The van der Waals surface area contributed by atoms with Gasteiger partial charge in [0.25, 0.3) is 0 Å². The number of hydrogen-bond donors (Lipinski definition) is 2. The highest BCUT2D eigenvalue weighted by Gasteiger charge is 2.27. The predicted octanol–water partition coefficient (Wildman–Crippen LogP) is 1.07. The molecule has 0 aromatic carbocycles. The van der Waals surface area contributed by atoms with E-state index in [1.165, 1.54) is 7.05 Å². The lowest BCUT2D eigenvalue weighted by molar-refractivity contribution is -0.383. The number of likely N-dealkylation sites (tertiary alicyclic amines) is 1. The Morgan fingerprint density at radius 3 is 2.76 bits per heavy atom. The van der Waals surface area contributed by atoms with E-state index in [0.717, 1.165) is 36.8 Å². The summed E-state index contributed by atoms with van der Waals surface area (Å²) in [6.07, 6.45) is 2.00. The van der Waals surface area contributed by atoms with Crippen LogP contribution in [0.4, 0.5) is 10.7 Å². The zero-order valence-electron chi connectivity index (χ0n) is 11.8. The van der Waals surface area contributed by atoms with E-state index in [1.807, 2.05) is 7.05 Å². The van der Waals surface area contributed by atoms with Crippen molar-refractivity contribution < 1.29 is 13.3 Å². The summed E-state index contributed by atoms with van der Waals surface area (Å²) in [5.74, 6) is 0. The van der Waals surface area contributed by atoms with E-state index in [1.54, 1.807) is 0 Å². The SMILES string of the molecule is CNc1sc(S(=O)(=O)NCC2CCCN2C)cc1[N+](=O)[O-]. The number of anilines is 1. The Morgan fingerprint density at radius 2 is 2.29 bits per heavy atom. The van der Waals surface area contributed by atoms with Gasteiger partial charge < -0.3 is 10.2 Å². The lowest BCUT2D eigenvalue weighted by Crippen LogP contribution is -2.37. The molecule has 2 heterocycles. The predicted molar refractivity (Wildman–Crippen MR) is 81.4 cm³/mol. The van der Waals surface area contributed by atoms with Crippen LogP contribution in [0.1, 0.15) is 12.8 Å². The van der Waals surface area contributed by atoms with Gasteiger partial charge in [-0.15, -0.1) is 0 Å². The molecule has 1 fully saturated rings. The number of nitro groups is 1. The Labute approximate surface area is 127 Å². The fourth-order valence-electron chi connectivity index (χ4n) is 2.32. The summed E-state index contributed by atoms with van der Waals surface area (Å²) < 4.78 is 27.0. The van der Waals surface area contributed by atoms with Gasteiger partial charge in [0, 0.05) is 25.7 Å². The zero-order valence-corrected chi connectivity index (χ0v) is 13.5. The molecule has 1 atom stereocenters. The number of nitrogens with zero attached hydrogens (tertiary/aromatic N) is 2. The summed E-state index contributed by atoms with van der Waals surface area (Å²) in [4.78, 5) is 12.4. The maximum atomic E-state index is 12.2. The van der Waals surface area contributed by atoms with Crippen molar-refractivity contribution in [2.24, 2.45) is 0 Å². The van der Waals surface area contributed by atoms with Gasteiger partial charge in [0.15, 0.2) is 5.00 Å². The zero-order chi connectivity index (χ0) is 15.6. The van der Waals surface area contributed by atoms with Gasteiger partial charge in [-0.1, -0.05) is 11.3 Å². The highest BCUT2D eigenvalue weighted by Crippen LogP contribution is 2.36. The minimum absolute atomic E-state index is 0.0424. The van der Waals surface area contributed by atoms with Crippen LogP contribution in [0, 0.1) is 10.1 Å². The van der Waals surface area contributed by atoms with Gasteiger partial charge in [-0.3, -0.25) is 10.1 Å². The van der Waals surface area contributed by atoms with Gasteiger partial charge in [-0.25, -0.2) is 13.1 Å². The lowest BCUT2D eigenvalue weighted by Gasteiger charge is -2.19. The second-order valence-corrected chi connectivity index (χ2v) is 7.96. The first-order valence-electron chi connectivity index (χ1n) is 6.51. The van der Waals surface area contributed by atoms with Crippen LogP contribution in [0.25, 0.3) is 0 Å². The van der Waals surface area contributed by atoms with E-state index >= 15 is 0 Å². The minimum Gasteiger partial charge on any atom is -0.374 e. The van der Waals surface area contributed by atoms with E-state index in [4.69, 9.17) is 0 Å². The first-order chi connectivity index (χ1) is 9.85. The number of rotatable bonds is 6. The van der Waals surface area contributed by atoms with Crippen LogP contribution < -0.4 is 10.0 Å². The Hall–Kier alpha value is -1.23. The summed E-state index contributed by atoms with van der Waals surface area (Å²) >= 11 is 0.861. The fourth-order valence-corrected chi connectivity index (χ4v) is 4.72. The van der Waals surface area contributed by atoms with Gasteiger partial charge >= 0.3 is 5.69 Å². The van der Waals surface area contributed by atoms with Gasteiger partial charge in [-0.2, -0.15) is 0 Å². The van der Waals surface area contributed by atoms with Crippen LogP contribution in [0.5, 0.6) is 0 Å². The van der Waals surface area contributed by atoms with Crippen molar-refractivity contribution in [3.63, 3.8) is 0 Å². The fraction of sp³-hybridized carbons (Fsp3) is 0.636. The van der Waals surface area contributed by atoms with E-state index in [9.17, 15) is 18.5 Å². The molecule has 0 amide bonds. The average molecular weight is 334 g/mol. The Morgan fingerprint density at radius 1 is 1.57 bits per heavy atom. The number of hydrogen-bond acceptors (Lipinski definition) is 7. The number of sulfonamides is 1. The Kier molecular flexibility index (Phi) is 4.81. The molecule has 1 aromatic rings. The van der Waals surface area contributed by atoms with E-state index < -0.39 is 14.9 Å². The van der Waals surface area contributed by atoms with Crippen molar-refractivity contribution in [1.29, 1.82) is 0 Å². The normalized spacial score (nSPS) is 19.8. The number of likely N-dealkylation sites (N-methyl/N-ethyl adjacent to an activating group) is 1. The molecule has 2 N–H and O–H groups in total. The molecule has 0 radical (unpaired) electrons. The Bertz CT molecular complexity index is 628. The van der Waals surface area contributed by atoms with Crippen LogP contribution in [-0.2, 0) is 10.0 Å². The van der Waals surface area contributed by atoms with Crippen molar-refractivity contribution in [1.82, 2.24) is 9.62 Å². The summed E-state index contributed by atoms with van der Waals surface area (Å²) in [6.45, 7) is 1.28. The molecule has 0 bridgehead atoms. The molecule has 8 nitrogen and oxygen atoms in total. The summed E-state index contributed by atoms with van der Waals surface area (Å²) in [7, 11) is -0.236. The second kappa shape index (κ2) is 6.26. The minimum atomic E-state index is -3.72. The van der Waals surface area contributed by atoms with Gasteiger partial charge in [0.1, 0.15) is 4.21 Å². The first-order valence-corrected chi connectivity index (χ1v) is 8.81. The number of nitrogens with one attached hydrogen (secondary N) is 2. The van der Waals surface area contributed by atoms with Crippen LogP contribution in [-0.4, -0.2) is 51.5 Å². The molecule has 1 aliphatic heterocycles. The molecule has 0 saturated carbocycles. The summed E-state index contributed by atoms with van der Waals surface area (Å²) in [6, 6.07) is 1.27. The highest BCUT2D eigenvalue weighted by molar-refractivity contribution is 7.91. The molecular weight excluding hydrogens is 316 g/mol. The van der Waals surface area contributed by atoms with Crippen LogP contribution in [0.15, 0.2) is 10.3 Å². The third kappa shape index (κ3) is 3.51. The standard InChI is InChI=1S/C11H18N4O4S2/c1-12-11-9(15(16)17)6-10(20-11)21(18,19)13-7-8-4-3-5-14(8)2/h6,8,12-13H,3-5,7H2,1-2H3. The molecule has 118 valence electrons. The molecule has 21 heavy (non-hydrogen) atoms. The molecule has 0 aliphatic carbocycles. The van der Waals surface area contributed by atoms with E-state index in [-0.39, 0.29) is 20.9 Å². The molecule has 1 unspecified atom stereocenters. The van der Waals surface area contributed by atoms with Gasteiger partial charge in [0.05, 0.1) is 4.92 Å². The summed E-state index contributed by atoms with van der Waals surface area (Å²) in [5.41, 5.74) is -0.221. The second-order valence-electron chi connectivity index (χ2n) is 4.92. The van der Waals surface area contributed by atoms with Crippen molar-refractivity contribution in [3.05, 3.63) is 16.2 Å². The van der Waals surface area contributed by atoms with Crippen molar-refractivity contribution in [2.45, 2.75) is 23.1 Å². The third-order valence-corrected chi connectivity index (χ3v) is 6.60. The lowest BCUT2D eigenvalue weighted by atomic mass is 10.2. The van der Waals surface area contributed by atoms with Crippen LogP contribution >= 0.6 is 11.3 Å². The van der Waals surface area contributed by atoms with Crippen molar-refractivity contribution in [3.8, 4) is 0 Å². The summed E-state index contributed by atoms with van der Waals surface area (Å²) in [5, 5.41) is 13.8. The molecule has 1 aromatic heterocycles. The maximum Gasteiger partial charge on any atom is 0.304 e. The van der Waals surface area contributed by atoms with Gasteiger partial charge in [-0.05, 0) is 26.4 Å². The van der Waals surface area contributed by atoms with Gasteiger partial charge in [0.2, 0.25) is 10.0 Å². The first kappa shape index (κ1) is 16.1. The van der Waals surface area contributed by atoms with Crippen LogP contribution in [0.3, 0.4) is 0 Å². The third-order valence-electron chi connectivity index (χ3n) is 3.56. The topological polar surface area (TPSA) is 105 Å². The maximum absolute atomic E-state index is 12.2. The average Bonchev–Trinajstić information content (AvgIpc) is 3.02. The van der Waals surface area contributed by atoms with Crippen molar-refractivity contribution >= 4 is 32.0 Å². The molecular formula is C11H18N4O4S2. The monoisotopic (exact) mass is 334 g/mol. The molecule has 1 aliphatic rings. The van der Waals surface area contributed by atoms with E-state index in [0.29, 0.717) is 6.54 Å². The number of thiophene rings is 1. The largest absolute Gasteiger partial charge is 0.374 e. The van der Waals surface area contributed by atoms with Crippen molar-refractivity contribution in [2.75, 3.05) is 32.5 Å². The highest BCUT2D eigenvalue weighted by atomic mass is 32.2. The molecule has 10 heteroatoms. The smallest absolute Gasteiger partial charge is 0.304 e. The van der Waals surface area contributed by atoms with Crippen LogP contribution in [0.2, 0.25) is 0 Å².